The van der Waals surface area contributed by atoms with Gasteiger partial charge in [0.2, 0.25) is 0 Å². The van der Waals surface area contributed by atoms with Crippen LogP contribution < -0.4 is 5.32 Å². The summed E-state index contributed by atoms with van der Waals surface area (Å²) >= 11 is 1.98. The third-order valence-electron chi connectivity index (χ3n) is 3.99. The zero-order valence-electron chi connectivity index (χ0n) is 11.9. The van der Waals surface area contributed by atoms with Crippen molar-refractivity contribution < 1.29 is 0 Å². The molecule has 2 nitrogen and oxygen atoms in total. The lowest BCUT2D eigenvalue weighted by Crippen LogP contribution is -2.39. The SMILES string of the molecule is CCc1ccc(CN2CC(CC)NCCC2C)s1. The van der Waals surface area contributed by atoms with E-state index in [4.69, 9.17) is 0 Å². The molecule has 102 valence electrons. The van der Waals surface area contributed by atoms with E-state index in [1.54, 1.807) is 0 Å². The topological polar surface area (TPSA) is 15.3 Å². The molecular weight excluding hydrogens is 240 g/mol. The van der Waals surface area contributed by atoms with Crippen molar-refractivity contribution in [3.63, 3.8) is 0 Å². The summed E-state index contributed by atoms with van der Waals surface area (Å²) in [7, 11) is 0. The monoisotopic (exact) mass is 266 g/mol. The Morgan fingerprint density at radius 2 is 2.11 bits per heavy atom. The van der Waals surface area contributed by atoms with Crippen LogP contribution in [0.2, 0.25) is 0 Å². The number of nitrogens with zero attached hydrogens (tertiary/aromatic N) is 1. The van der Waals surface area contributed by atoms with Crippen LogP contribution in [-0.2, 0) is 13.0 Å². The van der Waals surface area contributed by atoms with Gasteiger partial charge in [0.15, 0.2) is 0 Å². The van der Waals surface area contributed by atoms with E-state index in [1.807, 2.05) is 11.3 Å². The van der Waals surface area contributed by atoms with E-state index in [2.05, 4.69) is 43.1 Å². The first-order chi connectivity index (χ1) is 8.72. The predicted molar refractivity (Wildman–Crippen MR) is 80.3 cm³/mol. The fraction of sp³-hybridized carbons (Fsp3) is 0.733. The molecule has 2 heterocycles. The zero-order chi connectivity index (χ0) is 13.0. The fourth-order valence-corrected chi connectivity index (χ4v) is 3.58. The summed E-state index contributed by atoms with van der Waals surface area (Å²) in [6.45, 7) is 10.4. The van der Waals surface area contributed by atoms with Gasteiger partial charge in [-0.2, -0.15) is 0 Å². The average Bonchev–Trinajstić information content (AvgIpc) is 2.76. The molecule has 1 aliphatic rings. The molecule has 1 aromatic rings. The Kier molecular flexibility index (Phi) is 5.22. The molecule has 1 fully saturated rings. The molecule has 2 rings (SSSR count). The Balaban J connectivity index is 2.00. The van der Waals surface area contributed by atoms with E-state index in [-0.39, 0.29) is 0 Å². The van der Waals surface area contributed by atoms with Crippen LogP contribution in [0.5, 0.6) is 0 Å². The molecule has 0 aromatic carbocycles. The third-order valence-corrected chi connectivity index (χ3v) is 5.21. The smallest absolute Gasteiger partial charge is 0.0331 e. The summed E-state index contributed by atoms with van der Waals surface area (Å²) in [6.07, 6.45) is 3.66. The van der Waals surface area contributed by atoms with E-state index in [0.717, 1.165) is 6.54 Å². The molecule has 18 heavy (non-hydrogen) atoms. The second-order valence-corrected chi connectivity index (χ2v) is 6.60. The molecule has 0 spiro atoms. The minimum absolute atomic E-state index is 0.667. The highest BCUT2D eigenvalue weighted by molar-refractivity contribution is 7.11. The van der Waals surface area contributed by atoms with Gasteiger partial charge in [-0.05, 0) is 44.9 Å². The summed E-state index contributed by atoms with van der Waals surface area (Å²) in [4.78, 5) is 5.69. The molecule has 0 aliphatic carbocycles. The lowest BCUT2D eigenvalue weighted by Gasteiger charge is -2.28. The second-order valence-electron chi connectivity index (χ2n) is 5.35. The van der Waals surface area contributed by atoms with Gasteiger partial charge in [-0.25, -0.2) is 0 Å². The summed E-state index contributed by atoms with van der Waals surface area (Å²) in [6, 6.07) is 5.97. The molecule has 1 N–H and O–H groups in total. The standard InChI is InChI=1S/C15H26N2S/c1-4-13-10-17(12(3)8-9-16-13)11-15-7-6-14(5-2)18-15/h6-7,12-13,16H,4-5,8-11H2,1-3H3. The minimum atomic E-state index is 0.667. The van der Waals surface area contributed by atoms with Gasteiger partial charge < -0.3 is 5.32 Å². The maximum atomic E-state index is 3.66. The van der Waals surface area contributed by atoms with Crippen molar-refractivity contribution in [2.24, 2.45) is 0 Å². The Morgan fingerprint density at radius 1 is 1.33 bits per heavy atom. The Labute approximate surface area is 115 Å². The summed E-state index contributed by atoms with van der Waals surface area (Å²) in [5.74, 6) is 0. The van der Waals surface area contributed by atoms with E-state index < -0.39 is 0 Å². The van der Waals surface area contributed by atoms with Crippen molar-refractivity contribution in [1.29, 1.82) is 0 Å². The Hall–Kier alpha value is -0.380. The molecule has 1 aromatic heterocycles. The number of aryl methyl sites for hydroxylation is 1. The van der Waals surface area contributed by atoms with Gasteiger partial charge in [0.1, 0.15) is 0 Å². The number of nitrogens with one attached hydrogen (secondary N) is 1. The molecule has 0 amide bonds. The minimum Gasteiger partial charge on any atom is -0.313 e. The molecule has 0 radical (unpaired) electrons. The number of rotatable bonds is 4. The maximum absolute atomic E-state index is 3.66. The van der Waals surface area contributed by atoms with Crippen LogP contribution in [0.4, 0.5) is 0 Å². The molecule has 3 heteroatoms. The van der Waals surface area contributed by atoms with Gasteiger partial charge in [0.25, 0.3) is 0 Å². The van der Waals surface area contributed by atoms with Crippen molar-refractivity contribution in [2.75, 3.05) is 13.1 Å². The molecule has 1 aliphatic heterocycles. The van der Waals surface area contributed by atoms with Crippen LogP contribution in [-0.4, -0.2) is 30.1 Å². The first-order valence-electron chi connectivity index (χ1n) is 7.28. The van der Waals surface area contributed by atoms with E-state index in [9.17, 15) is 0 Å². The van der Waals surface area contributed by atoms with E-state index in [1.165, 1.54) is 42.1 Å². The van der Waals surface area contributed by atoms with Crippen LogP contribution in [0.3, 0.4) is 0 Å². The van der Waals surface area contributed by atoms with E-state index >= 15 is 0 Å². The number of hydrogen-bond acceptors (Lipinski definition) is 3. The third kappa shape index (κ3) is 3.56. The van der Waals surface area contributed by atoms with E-state index in [0.29, 0.717) is 12.1 Å². The summed E-state index contributed by atoms with van der Waals surface area (Å²) in [5, 5.41) is 3.66. The normalized spacial score (nSPS) is 26.2. The van der Waals surface area contributed by atoms with Crippen LogP contribution >= 0.6 is 11.3 Å². The van der Waals surface area contributed by atoms with Gasteiger partial charge in [0, 0.05) is 34.9 Å². The lowest BCUT2D eigenvalue weighted by atomic mass is 10.2. The Morgan fingerprint density at radius 3 is 2.78 bits per heavy atom. The lowest BCUT2D eigenvalue weighted by molar-refractivity contribution is 0.196. The van der Waals surface area contributed by atoms with Gasteiger partial charge in [-0.1, -0.05) is 13.8 Å². The fourth-order valence-electron chi connectivity index (χ4n) is 2.60. The second kappa shape index (κ2) is 6.69. The largest absolute Gasteiger partial charge is 0.313 e. The maximum Gasteiger partial charge on any atom is 0.0331 e. The highest BCUT2D eigenvalue weighted by atomic mass is 32.1. The van der Waals surface area contributed by atoms with Crippen molar-refractivity contribution in [1.82, 2.24) is 10.2 Å². The molecule has 0 saturated carbocycles. The average molecular weight is 266 g/mol. The molecule has 1 saturated heterocycles. The van der Waals surface area contributed by atoms with Crippen LogP contribution in [0, 0.1) is 0 Å². The number of thiophene rings is 1. The predicted octanol–water partition coefficient (Wildman–Crippen LogP) is 3.27. The highest BCUT2D eigenvalue weighted by Gasteiger charge is 2.22. The first-order valence-corrected chi connectivity index (χ1v) is 8.09. The Bertz CT molecular complexity index is 361. The van der Waals surface area contributed by atoms with Gasteiger partial charge in [-0.15, -0.1) is 11.3 Å². The van der Waals surface area contributed by atoms with Crippen LogP contribution in [0.1, 0.15) is 43.4 Å². The van der Waals surface area contributed by atoms with Gasteiger partial charge in [0.05, 0.1) is 0 Å². The van der Waals surface area contributed by atoms with Crippen LogP contribution in [0.25, 0.3) is 0 Å². The molecule has 2 atom stereocenters. The molecule has 2 unspecified atom stereocenters. The van der Waals surface area contributed by atoms with Crippen molar-refractivity contribution in [3.8, 4) is 0 Å². The molecule has 0 bridgehead atoms. The van der Waals surface area contributed by atoms with Crippen molar-refractivity contribution in [3.05, 3.63) is 21.9 Å². The van der Waals surface area contributed by atoms with Gasteiger partial charge >= 0.3 is 0 Å². The van der Waals surface area contributed by atoms with Gasteiger partial charge in [-0.3, -0.25) is 4.90 Å². The van der Waals surface area contributed by atoms with Crippen LogP contribution in [0.15, 0.2) is 12.1 Å². The summed E-state index contributed by atoms with van der Waals surface area (Å²) < 4.78 is 0. The zero-order valence-corrected chi connectivity index (χ0v) is 12.7. The highest BCUT2D eigenvalue weighted by Crippen LogP contribution is 2.21. The number of hydrogen-bond donors (Lipinski definition) is 1. The first kappa shape index (κ1) is 14.0. The van der Waals surface area contributed by atoms with Crippen molar-refractivity contribution >= 4 is 11.3 Å². The molecular formula is C15H26N2S. The van der Waals surface area contributed by atoms with Crippen molar-refractivity contribution in [2.45, 2.75) is 58.7 Å². The summed E-state index contributed by atoms with van der Waals surface area (Å²) in [5.41, 5.74) is 0. The quantitative estimate of drug-likeness (QED) is 0.900.